The molecule has 9 nitrogen and oxygen atoms in total. The first-order valence-electron chi connectivity index (χ1n) is 11.9. The number of aryl methyl sites for hydroxylation is 1. The SMILES string of the molecule is CCn1c2ccccc2c2cc(NC(=O)c3nccnc3C(=O)NCCN3CCOCC3)ccc21. The molecule has 1 saturated heterocycles. The molecule has 5 rings (SSSR count). The number of ether oxygens (including phenoxy) is 1. The van der Waals surface area contributed by atoms with E-state index in [0.29, 0.717) is 32.0 Å². The third kappa shape index (κ3) is 4.73. The zero-order valence-electron chi connectivity index (χ0n) is 19.7. The van der Waals surface area contributed by atoms with Gasteiger partial charge in [0, 0.05) is 72.6 Å². The van der Waals surface area contributed by atoms with Crippen LogP contribution in [0.15, 0.2) is 54.9 Å². The van der Waals surface area contributed by atoms with E-state index in [9.17, 15) is 9.59 Å². The van der Waals surface area contributed by atoms with Gasteiger partial charge in [0.25, 0.3) is 11.8 Å². The molecule has 2 N–H and O–H groups in total. The fourth-order valence-corrected chi connectivity index (χ4v) is 4.57. The number of nitrogens with one attached hydrogen (secondary N) is 2. The Balaban J connectivity index is 1.33. The summed E-state index contributed by atoms with van der Waals surface area (Å²) < 4.78 is 7.59. The highest BCUT2D eigenvalue weighted by molar-refractivity contribution is 6.12. The lowest BCUT2D eigenvalue weighted by molar-refractivity contribution is 0.0383. The van der Waals surface area contributed by atoms with Crippen molar-refractivity contribution in [2.45, 2.75) is 13.5 Å². The predicted molar refractivity (Wildman–Crippen MR) is 135 cm³/mol. The summed E-state index contributed by atoms with van der Waals surface area (Å²) in [5.74, 6) is -0.895. The Morgan fingerprint density at radius 2 is 1.66 bits per heavy atom. The van der Waals surface area contributed by atoms with Crippen molar-refractivity contribution < 1.29 is 14.3 Å². The molecule has 3 heterocycles. The van der Waals surface area contributed by atoms with Gasteiger partial charge >= 0.3 is 0 Å². The number of nitrogens with zero attached hydrogens (tertiary/aromatic N) is 4. The van der Waals surface area contributed by atoms with Crippen LogP contribution in [0.3, 0.4) is 0 Å². The molecule has 180 valence electrons. The number of fused-ring (bicyclic) bond motifs is 3. The van der Waals surface area contributed by atoms with Crippen molar-refractivity contribution in [3.63, 3.8) is 0 Å². The number of morpholine rings is 1. The first kappa shape index (κ1) is 22.9. The Bertz CT molecular complexity index is 1380. The minimum atomic E-state index is -0.477. The van der Waals surface area contributed by atoms with E-state index in [2.05, 4.69) is 49.1 Å². The average molecular weight is 473 g/mol. The van der Waals surface area contributed by atoms with Gasteiger partial charge in [-0.1, -0.05) is 18.2 Å². The van der Waals surface area contributed by atoms with Crippen molar-refractivity contribution in [1.82, 2.24) is 24.8 Å². The third-order valence-electron chi connectivity index (χ3n) is 6.29. The third-order valence-corrected chi connectivity index (χ3v) is 6.29. The molecule has 0 unspecified atom stereocenters. The van der Waals surface area contributed by atoms with E-state index in [1.807, 2.05) is 30.3 Å². The molecule has 0 aliphatic carbocycles. The molecular weight excluding hydrogens is 444 g/mol. The van der Waals surface area contributed by atoms with Crippen molar-refractivity contribution in [3.8, 4) is 0 Å². The smallest absolute Gasteiger partial charge is 0.276 e. The summed E-state index contributed by atoms with van der Waals surface area (Å²) in [6.07, 6.45) is 2.83. The Labute approximate surface area is 203 Å². The second-order valence-corrected chi connectivity index (χ2v) is 8.41. The maximum Gasteiger partial charge on any atom is 0.276 e. The molecule has 1 fully saturated rings. The van der Waals surface area contributed by atoms with Crippen molar-refractivity contribution in [3.05, 3.63) is 66.2 Å². The highest BCUT2D eigenvalue weighted by Crippen LogP contribution is 2.31. The van der Waals surface area contributed by atoms with Gasteiger partial charge in [0.2, 0.25) is 0 Å². The summed E-state index contributed by atoms with van der Waals surface area (Å²) >= 11 is 0. The lowest BCUT2D eigenvalue weighted by Crippen LogP contribution is -2.41. The summed E-state index contributed by atoms with van der Waals surface area (Å²) in [6, 6.07) is 14.0. The first-order chi connectivity index (χ1) is 17.2. The fraction of sp³-hybridized carbons (Fsp3) is 0.308. The molecule has 0 bridgehead atoms. The summed E-state index contributed by atoms with van der Waals surface area (Å²) in [5, 5.41) is 7.93. The molecular formula is C26H28N6O3. The quantitative estimate of drug-likeness (QED) is 0.429. The number of rotatable bonds is 7. The molecule has 2 aromatic carbocycles. The highest BCUT2D eigenvalue weighted by Gasteiger charge is 2.21. The van der Waals surface area contributed by atoms with E-state index in [0.717, 1.165) is 41.4 Å². The fourth-order valence-electron chi connectivity index (χ4n) is 4.57. The van der Waals surface area contributed by atoms with Crippen LogP contribution in [0.2, 0.25) is 0 Å². The number of carbonyl (C=O) groups is 2. The first-order valence-corrected chi connectivity index (χ1v) is 11.9. The van der Waals surface area contributed by atoms with E-state index >= 15 is 0 Å². The van der Waals surface area contributed by atoms with E-state index in [-0.39, 0.29) is 11.4 Å². The summed E-state index contributed by atoms with van der Waals surface area (Å²) in [4.78, 5) is 36.4. The number of carbonyl (C=O) groups excluding carboxylic acids is 2. The maximum atomic E-state index is 13.1. The Morgan fingerprint density at radius 1 is 0.943 bits per heavy atom. The number of aromatic nitrogens is 3. The molecule has 0 radical (unpaired) electrons. The predicted octanol–water partition coefficient (Wildman–Crippen LogP) is 2.92. The Hall–Kier alpha value is -3.82. The molecule has 0 atom stereocenters. The lowest BCUT2D eigenvalue weighted by Gasteiger charge is -2.26. The van der Waals surface area contributed by atoms with Crippen LogP contribution in [-0.4, -0.2) is 70.6 Å². The molecule has 2 amide bonds. The van der Waals surface area contributed by atoms with Gasteiger partial charge in [-0.3, -0.25) is 14.5 Å². The van der Waals surface area contributed by atoms with Crippen LogP contribution in [-0.2, 0) is 11.3 Å². The van der Waals surface area contributed by atoms with Crippen LogP contribution in [0.4, 0.5) is 5.69 Å². The Morgan fingerprint density at radius 3 is 2.43 bits per heavy atom. The minimum absolute atomic E-state index is 0.00699. The molecule has 35 heavy (non-hydrogen) atoms. The average Bonchev–Trinajstić information content (AvgIpc) is 3.22. The van der Waals surface area contributed by atoms with Gasteiger partial charge < -0.3 is 19.9 Å². The van der Waals surface area contributed by atoms with Crippen LogP contribution < -0.4 is 10.6 Å². The molecule has 0 spiro atoms. The van der Waals surface area contributed by atoms with Crippen LogP contribution in [0.25, 0.3) is 21.8 Å². The number of para-hydroxylation sites is 1. The normalized spacial score (nSPS) is 14.3. The number of amides is 2. The summed E-state index contributed by atoms with van der Waals surface area (Å²) in [7, 11) is 0. The highest BCUT2D eigenvalue weighted by atomic mass is 16.5. The zero-order chi connectivity index (χ0) is 24.2. The molecule has 9 heteroatoms. The van der Waals surface area contributed by atoms with Crippen LogP contribution >= 0.6 is 0 Å². The van der Waals surface area contributed by atoms with Crippen LogP contribution in [0.5, 0.6) is 0 Å². The number of anilines is 1. The second kappa shape index (κ2) is 10.2. The van der Waals surface area contributed by atoms with Crippen molar-refractivity contribution in [2.24, 2.45) is 0 Å². The standard InChI is InChI=1S/C26H28N6O3/c1-2-32-21-6-4-3-5-19(21)20-17-18(7-8-22(20)32)30-26(34)24-23(27-9-10-28-24)25(33)29-11-12-31-13-15-35-16-14-31/h3-10,17H,2,11-16H2,1H3,(H,29,33)(H,30,34). The molecule has 0 saturated carbocycles. The lowest BCUT2D eigenvalue weighted by atomic mass is 10.1. The van der Waals surface area contributed by atoms with Gasteiger partial charge in [-0.2, -0.15) is 0 Å². The molecule has 1 aliphatic heterocycles. The summed E-state index contributed by atoms with van der Waals surface area (Å²) in [5.41, 5.74) is 2.89. The molecule has 1 aliphatic rings. The number of hydrogen-bond donors (Lipinski definition) is 2. The van der Waals surface area contributed by atoms with Crippen molar-refractivity contribution in [1.29, 1.82) is 0 Å². The van der Waals surface area contributed by atoms with Crippen molar-refractivity contribution in [2.75, 3.05) is 44.7 Å². The zero-order valence-corrected chi connectivity index (χ0v) is 19.7. The largest absolute Gasteiger partial charge is 0.379 e. The molecule has 4 aromatic rings. The minimum Gasteiger partial charge on any atom is -0.379 e. The molecule has 2 aromatic heterocycles. The van der Waals surface area contributed by atoms with Gasteiger partial charge in [-0.15, -0.1) is 0 Å². The summed E-state index contributed by atoms with van der Waals surface area (Å²) in [6.45, 7) is 7.21. The maximum absolute atomic E-state index is 13.1. The number of benzene rings is 2. The van der Waals surface area contributed by atoms with E-state index in [1.54, 1.807) is 0 Å². The van der Waals surface area contributed by atoms with Gasteiger partial charge in [0.1, 0.15) is 0 Å². The monoisotopic (exact) mass is 472 g/mol. The Kier molecular flexibility index (Phi) is 6.69. The van der Waals surface area contributed by atoms with Gasteiger partial charge in [-0.05, 0) is 31.2 Å². The van der Waals surface area contributed by atoms with E-state index in [1.165, 1.54) is 12.4 Å². The van der Waals surface area contributed by atoms with Gasteiger partial charge in [0.05, 0.1) is 13.2 Å². The van der Waals surface area contributed by atoms with Crippen molar-refractivity contribution >= 4 is 39.3 Å². The second-order valence-electron chi connectivity index (χ2n) is 8.41. The van der Waals surface area contributed by atoms with Gasteiger partial charge in [0.15, 0.2) is 11.4 Å². The van der Waals surface area contributed by atoms with Crippen LogP contribution in [0, 0.1) is 0 Å². The van der Waals surface area contributed by atoms with E-state index in [4.69, 9.17) is 4.74 Å². The van der Waals surface area contributed by atoms with Crippen LogP contribution in [0.1, 0.15) is 27.9 Å². The van der Waals surface area contributed by atoms with E-state index < -0.39 is 11.8 Å². The number of hydrogen-bond acceptors (Lipinski definition) is 6. The topological polar surface area (TPSA) is 101 Å². The van der Waals surface area contributed by atoms with Gasteiger partial charge in [-0.25, -0.2) is 9.97 Å².